The number of carbonyl (C=O) groups excluding carboxylic acids is 1. The molecule has 0 bridgehead atoms. The van der Waals surface area contributed by atoms with E-state index < -0.39 is 5.41 Å². The number of rotatable bonds is 2. The van der Waals surface area contributed by atoms with Gasteiger partial charge in [-0.2, -0.15) is 0 Å². The highest BCUT2D eigenvalue weighted by Gasteiger charge is 2.51. The predicted molar refractivity (Wildman–Crippen MR) is 95.6 cm³/mol. The van der Waals surface area contributed by atoms with Crippen LogP contribution in [0.15, 0.2) is 60.7 Å². The molecule has 1 saturated carbocycles. The molecule has 1 heterocycles. The molecule has 2 aliphatic rings. The summed E-state index contributed by atoms with van der Waals surface area (Å²) in [6, 6.07) is 17.5. The van der Waals surface area contributed by atoms with Crippen molar-refractivity contribution >= 4 is 23.1 Å². The van der Waals surface area contributed by atoms with Crippen LogP contribution in [0.4, 0.5) is 0 Å². The third-order valence-electron chi connectivity index (χ3n) is 5.23. The lowest BCUT2D eigenvalue weighted by Crippen LogP contribution is -2.38. The van der Waals surface area contributed by atoms with Crippen molar-refractivity contribution in [1.82, 2.24) is 0 Å². The summed E-state index contributed by atoms with van der Waals surface area (Å²) in [5.41, 5.74) is 1.54. The fourth-order valence-electron chi connectivity index (χ4n) is 3.96. The standard InChI is InChI=1S/C21H19ClO2/c22-17-10-8-16(9-11-17)20-21(12-4-5-13-21)19(23)14-18(24-20)15-6-2-1-3-7-15/h1-3,6-11,14,20H,4-5,12-13H2. The summed E-state index contributed by atoms with van der Waals surface area (Å²) in [6.07, 6.45) is 5.38. The van der Waals surface area contributed by atoms with E-state index in [4.69, 9.17) is 16.3 Å². The van der Waals surface area contributed by atoms with Crippen LogP contribution >= 0.6 is 11.6 Å². The first-order chi connectivity index (χ1) is 11.7. The predicted octanol–water partition coefficient (Wildman–Crippen LogP) is 5.58. The van der Waals surface area contributed by atoms with Gasteiger partial charge in [-0.15, -0.1) is 0 Å². The molecule has 122 valence electrons. The number of hydrogen-bond donors (Lipinski definition) is 0. The first-order valence-corrected chi connectivity index (χ1v) is 8.80. The van der Waals surface area contributed by atoms with Crippen molar-refractivity contribution in [1.29, 1.82) is 0 Å². The maximum atomic E-state index is 13.1. The summed E-state index contributed by atoms with van der Waals surface area (Å²) in [4.78, 5) is 13.1. The van der Waals surface area contributed by atoms with E-state index in [0.717, 1.165) is 36.8 Å². The Labute approximate surface area is 147 Å². The average Bonchev–Trinajstić information content (AvgIpc) is 3.10. The zero-order valence-electron chi connectivity index (χ0n) is 13.4. The molecule has 0 aromatic heterocycles. The van der Waals surface area contributed by atoms with Crippen molar-refractivity contribution in [3.05, 3.63) is 76.8 Å². The SMILES string of the molecule is O=C1C=C(c2ccccc2)OC(c2ccc(Cl)cc2)C12CCCC2. The van der Waals surface area contributed by atoms with Gasteiger partial charge >= 0.3 is 0 Å². The van der Waals surface area contributed by atoms with Crippen molar-refractivity contribution in [2.24, 2.45) is 5.41 Å². The first-order valence-electron chi connectivity index (χ1n) is 8.43. The molecule has 1 spiro atoms. The molecule has 24 heavy (non-hydrogen) atoms. The Bertz CT molecular complexity index is 771. The van der Waals surface area contributed by atoms with Crippen LogP contribution < -0.4 is 0 Å². The lowest BCUT2D eigenvalue weighted by atomic mass is 9.72. The maximum absolute atomic E-state index is 13.1. The van der Waals surface area contributed by atoms with Gasteiger partial charge in [0.2, 0.25) is 0 Å². The quantitative estimate of drug-likeness (QED) is 0.714. The van der Waals surface area contributed by atoms with Crippen molar-refractivity contribution in [3.8, 4) is 0 Å². The van der Waals surface area contributed by atoms with Gasteiger partial charge in [0.15, 0.2) is 5.78 Å². The molecule has 1 aliphatic carbocycles. The van der Waals surface area contributed by atoms with Crippen molar-refractivity contribution < 1.29 is 9.53 Å². The van der Waals surface area contributed by atoms with Gasteiger partial charge in [0.05, 0.1) is 5.41 Å². The fraction of sp³-hybridized carbons (Fsp3) is 0.286. The minimum Gasteiger partial charge on any atom is -0.484 e. The minimum absolute atomic E-state index is 0.199. The third kappa shape index (κ3) is 2.55. The van der Waals surface area contributed by atoms with Crippen molar-refractivity contribution in [3.63, 3.8) is 0 Å². The molecule has 1 fully saturated rings. The van der Waals surface area contributed by atoms with E-state index in [1.54, 1.807) is 6.08 Å². The van der Waals surface area contributed by atoms with E-state index in [0.29, 0.717) is 10.8 Å². The van der Waals surface area contributed by atoms with Gasteiger partial charge in [0, 0.05) is 16.7 Å². The number of benzene rings is 2. The van der Waals surface area contributed by atoms with E-state index in [-0.39, 0.29) is 11.9 Å². The number of ketones is 1. The molecular weight excluding hydrogens is 320 g/mol. The zero-order valence-corrected chi connectivity index (χ0v) is 14.1. The molecule has 0 N–H and O–H groups in total. The van der Waals surface area contributed by atoms with E-state index in [1.165, 1.54) is 0 Å². The molecule has 2 aromatic carbocycles. The highest BCUT2D eigenvalue weighted by atomic mass is 35.5. The summed E-state index contributed by atoms with van der Waals surface area (Å²) < 4.78 is 6.40. The highest BCUT2D eigenvalue weighted by Crippen LogP contribution is 2.54. The van der Waals surface area contributed by atoms with E-state index in [9.17, 15) is 4.79 Å². The van der Waals surface area contributed by atoms with Gasteiger partial charge in [-0.1, -0.05) is 66.9 Å². The molecule has 1 atom stereocenters. The van der Waals surface area contributed by atoms with Crippen LogP contribution in [0.3, 0.4) is 0 Å². The van der Waals surface area contributed by atoms with Crippen LogP contribution in [0.1, 0.15) is 42.9 Å². The van der Waals surface area contributed by atoms with Gasteiger partial charge in [-0.3, -0.25) is 4.79 Å². The molecule has 4 rings (SSSR count). The Morgan fingerprint density at radius 1 is 0.958 bits per heavy atom. The monoisotopic (exact) mass is 338 g/mol. The second-order valence-corrected chi connectivity index (χ2v) is 7.09. The van der Waals surface area contributed by atoms with Crippen molar-refractivity contribution in [2.45, 2.75) is 31.8 Å². The van der Waals surface area contributed by atoms with Crippen LogP contribution in [-0.4, -0.2) is 5.78 Å². The van der Waals surface area contributed by atoms with E-state index >= 15 is 0 Å². The van der Waals surface area contributed by atoms with Crippen LogP contribution in [0.25, 0.3) is 5.76 Å². The molecule has 3 heteroatoms. The maximum Gasteiger partial charge on any atom is 0.169 e. The Kier molecular flexibility index (Phi) is 3.93. The second-order valence-electron chi connectivity index (χ2n) is 6.65. The normalized spacial score (nSPS) is 22.3. The summed E-state index contributed by atoms with van der Waals surface area (Å²) in [5.74, 6) is 0.864. The Hall–Kier alpha value is -2.06. The third-order valence-corrected chi connectivity index (χ3v) is 5.48. The number of hydrogen-bond acceptors (Lipinski definition) is 2. The Morgan fingerprint density at radius 2 is 1.62 bits per heavy atom. The second kappa shape index (κ2) is 6.10. The largest absolute Gasteiger partial charge is 0.484 e. The number of carbonyl (C=O) groups is 1. The molecular formula is C21H19ClO2. The molecule has 0 radical (unpaired) electrons. The molecule has 0 saturated heterocycles. The summed E-state index contributed by atoms with van der Waals surface area (Å²) >= 11 is 6.04. The van der Waals surface area contributed by atoms with Crippen LogP contribution in [-0.2, 0) is 9.53 Å². The van der Waals surface area contributed by atoms with Crippen molar-refractivity contribution in [2.75, 3.05) is 0 Å². The average molecular weight is 339 g/mol. The molecule has 0 amide bonds. The van der Waals surface area contributed by atoms with Crippen LogP contribution in [0, 0.1) is 5.41 Å². The lowest BCUT2D eigenvalue weighted by Gasteiger charge is -2.39. The Balaban J connectivity index is 1.79. The summed E-state index contributed by atoms with van der Waals surface area (Å²) in [6.45, 7) is 0. The minimum atomic E-state index is -0.424. The van der Waals surface area contributed by atoms with Gasteiger partial charge < -0.3 is 4.74 Å². The number of halogens is 1. The molecule has 2 aromatic rings. The first kappa shape index (κ1) is 15.5. The Morgan fingerprint density at radius 3 is 2.29 bits per heavy atom. The van der Waals surface area contributed by atoms with E-state index in [2.05, 4.69) is 0 Å². The van der Waals surface area contributed by atoms with Crippen LogP contribution in [0.2, 0.25) is 5.02 Å². The van der Waals surface area contributed by atoms with Crippen LogP contribution in [0.5, 0.6) is 0 Å². The van der Waals surface area contributed by atoms with Gasteiger partial charge in [0.25, 0.3) is 0 Å². The molecule has 1 aliphatic heterocycles. The summed E-state index contributed by atoms with van der Waals surface area (Å²) in [5, 5.41) is 0.695. The number of allylic oxidation sites excluding steroid dienone is 1. The number of ether oxygens (including phenoxy) is 1. The van der Waals surface area contributed by atoms with E-state index in [1.807, 2.05) is 54.6 Å². The summed E-state index contributed by atoms with van der Waals surface area (Å²) in [7, 11) is 0. The van der Waals surface area contributed by atoms with Gasteiger partial charge in [-0.05, 0) is 30.5 Å². The van der Waals surface area contributed by atoms with Gasteiger partial charge in [-0.25, -0.2) is 0 Å². The van der Waals surface area contributed by atoms with Gasteiger partial charge in [0.1, 0.15) is 11.9 Å². The fourth-order valence-corrected chi connectivity index (χ4v) is 4.08. The molecule has 1 unspecified atom stereocenters. The smallest absolute Gasteiger partial charge is 0.169 e. The lowest BCUT2D eigenvalue weighted by molar-refractivity contribution is -0.132. The zero-order chi connectivity index (χ0) is 16.6. The topological polar surface area (TPSA) is 26.3 Å². The highest BCUT2D eigenvalue weighted by molar-refractivity contribution is 6.30. The molecule has 2 nitrogen and oxygen atoms in total.